The summed E-state index contributed by atoms with van der Waals surface area (Å²) < 4.78 is 6.76. The van der Waals surface area contributed by atoms with Crippen LogP contribution in [-0.2, 0) is 16.2 Å². The van der Waals surface area contributed by atoms with Gasteiger partial charge in [-0.3, -0.25) is 19.3 Å². The molecule has 3 amide bonds. The first-order valence-electron chi connectivity index (χ1n) is 10.7. The Balaban J connectivity index is 1.49. The maximum Gasteiger partial charge on any atom is 0.294 e. The van der Waals surface area contributed by atoms with E-state index in [4.69, 9.17) is 27.9 Å². The summed E-state index contributed by atoms with van der Waals surface area (Å²) in [6, 6.07) is 10.6. The molecule has 2 saturated heterocycles. The second kappa shape index (κ2) is 11.2. The van der Waals surface area contributed by atoms with Gasteiger partial charge in [0.1, 0.15) is 18.9 Å². The second-order valence-corrected chi connectivity index (χ2v) is 10.7. The van der Waals surface area contributed by atoms with E-state index in [0.29, 0.717) is 34.4 Å². The summed E-state index contributed by atoms with van der Waals surface area (Å²) in [5, 5.41) is 0.450. The van der Waals surface area contributed by atoms with Crippen LogP contribution in [0, 0.1) is 0 Å². The molecule has 2 fully saturated rings. The first kappa shape index (κ1) is 25.1. The number of nitrogens with zero attached hydrogens (tertiary/aromatic N) is 2. The number of carbonyl (C=O) groups is 3. The Morgan fingerprint density at radius 2 is 1.82 bits per heavy atom. The Labute approximate surface area is 220 Å². The molecule has 0 aromatic heterocycles. The summed E-state index contributed by atoms with van der Waals surface area (Å²) in [5.41, 5.74) is 1.46. The van der Waals surface area contributed by atoms with Gasteiger partial charge in [0.15, 0.2) is 0 Å². The van der Waals surface area contributed by atoms with Gasteiger partial charge in [0.2, 0.25) is 5.91 Å². The third-order valence-corrected chi connectivity index (χ3v) is 7.65. The average molecular weight is 584 g/mol. The zero-order valence-electron chi connectivity index (χ0n) is 18.1. The summed E-state index contributed by atoms with van der Waals surface area (Å²) in [5.74, 6) is -0.141. The SMILES string of the molecule is O=C(CN1C(=O)S/C(=C\c2cc(Br)ccc2OCc2ccc(Cl)c(Cl)c2)C1=O)N1CCCCC1. The number of imide groups is 1. The number of carbonyl (C=O) groups excluding carboxylic acids is 3. The van der Waals surface area contributed by atoms with E-state index in [1.165, 1.54) is 0 Å². The lowest BCUT2D eigenvalue weighted by Gasteiger charge is -2.27. The van der Waals surface area contributed by atoms with E-state index in [9.17, 15) is 14.4 Å². The summed E-state index contributed by atoms with van der Waals surface area (Å²) in [6.07, 6.45) is 4.60. The number of amides is 3. The van der Waals surface area contributed by atoms with Gasteiger partial charge < -0.3 is 9.64 Å². The van der Waals surface area contributed by atoms with Gasteiger partial charge in [0.25, 0.3) is 11.1 Å². The number of benzene rings is 2. The molecule has 0 bridgehead atoms. The standard InChI is InChI=1S/C24H21BrCl2N2O4S/c25-17-5-7-20(33-14-15-4-6-18(26)19(27)10-15)16(11-17)12-21-23(31)29(24(32)34-21)13-22(30)28-8-2-1-3-9-28/h4-7,10-12H,1-3,8-9,13-14H2/b21-12-. The fourth-order valence-corrected chi connectivity index (χ4v) is 5.24. The van der Waals surface area contributed by atoms with Crippen molar-refractivity contribution in [3.05, 3.63) is 66.9 Å². The van der Waals surface area contributed by atoms with E-state index in [1.54, 1.807) is 35.2 Å². The quantitative estimate of drug-likeness (QED) is 0.369. The van der Waals surface area contributed by atoms with E-state index in [0.717, 1.165) is 46.0 Å². The Morgan fingerprint density at radius 3 is 2.56 bits per heavy atom. The van der Waals surface area contributed by atoms with Crippen molar-refractivity contribution in [1.82, 2.24) is 9.80 Å². The molecule has 0 radical (unpaired) electrons. The highest BCUT2D eigenvalue weighted by molar-refractivity contribution is 9.10. The Hall–Kier alpha value is -2.00. The van der Waals surface area contributed by atoms with Gasteiger partial charge in [-0.1, -0.05) is 45.2 Å². The van der Waals surface area contributed by atoms with Gasteiger partial charge >= 0.3 is 0 Å². The average Bonchev–Trinajstić information content (AvgIpc) is 3.08. The number of hydrogen-bond donors (Lipinski definition) is 0. The van der Waals surface area contributed by atoms with Crippen molar-refractivity contribution in [3.8, 4) is 5.75 Å². The molecule has 10 heteroatoms. The molecule has 34 heavy (non-hydrogen) atoms. The normalized spacial score (nSPS) is 17.6. The first-order chi connectivity index (χ1) is 16.3. The molecular weight excluding hydrogens is 563 g/mol. The molecule has 2 heterocycles. The van der Waals surface area contributed by atoms with Crippen LogP contribution in [0.1, 0.15) is 30.4 Å². The molecule has 0 unspecified atom stereocenters. The van der Waals surface area contributed by atoms with Crippen LogP contribution in [0.5, 0.6) is 5.75 Å². The third-order valence-electron chi connectivity index (χ3n) is 5.51. The molecule has 0 N–H and O–H groups in total. The van der Waals surface area contributed by atoms with Crippen LogP contribution in [0.4, 0.5) is 4.79 Å². The van der Waals surface area contributed by atoms with Crippen molar-refractivity contribution >= 4 is 74.0 Å². The molecule has 0 saturated carbocycles. The molecule has 6 nitrogen and oxygen atoms in total. The minimum absolute atomic E-state index is 0.198. The number of halogens is 3. The number of piperidine rings is 1. The number of likely N-dealkylation sites (tertiary alicyclic amines) is 1. The molecule has 0 atom stereocenters. The van der Waals surface area contributed by atoms with Crippen LogP contribution in [0.2, 0.25) is 10.0 Å². The maximum atomic E-state index is 12.9. The molecule has 0 spiro atoms. The largest absolute Gasteiger partial charge is 0.488 e. The number of rotatable bonds is 6. The van der Waals surface area contributed by atoms with Gasteiger partial charge in [-0.15, -0.1) is 0 Å². The Bertz CT molecular complexity index is 1170. The van der Waals surface area contributed by atoms with E-state index >= 15 is 0 Å². The van der Waals surface area contributed by atoms with Crippen molar-refractivity contribution < 1.29 is 19.1 Å². The van der Waals surface area contributed by atoms with Crippen LogP contribution >= 0.6 is 50.9 Å². The Kier molecular flexibility index (Phi) is 8.24. The summed E-state index contributed by atoms with van der Waals surface area (Å²) in [4.78, 5) is 41.0. The van der Waals surface area contributed by atoms with Crippen LogP contribution in [0.25, 0.3) is 6.08 Å². The van der Waals surface area contributed by atoms with Crippen LogP contribution in [-0.4, -0.2) is 46.5 Å². The fraction of sp³-hybridized carbons (Fsp3) is 0.292. The van der Waals surface area contributed by atoms with Crippen LogP contribution in [0.3, 0.4) is 0 Å². The highest BCUT2D eigenvalue weighted by Gasteiger charge is 2.37. The van der Waals surface area contributed by atoms with Gasteiger partial charge in [-0.25, -0.2) is 0 Å². The minimum Gasteiger partial charge on any atom is -0.488 e. The Morgan fingerprint density at radius 1 is 1.06 bits per heavy atom. The molecule has 178 valence electrons. The highest BCUT2D eigenvalue weighted by atomic mass is 79.9. The van der Waals surface area contributed by atoms with Gasteiger partial charge in [0, 0.05) is 23.1 Å². The van der Waals surface area contributed by atoms with Crippen molar-refractivity contribution in [2.45, 2.75) is 25.9 Å². The predicted octanol–water partition coefficient (Wildman–Crippen LogP) is 6.38. The molecule has 2 aliphatic rings. The van der Waals surface area contributed by atoms with Crippen molar-refractivity contribution in [1.29, 1.82) is 0 Å². The zero-order chi connectivity index (χ0) is 24.2. The third kappa shape index (κ3) is 5.97. The monoisotopic (exact) mass is 582 g/mol. The highest BCUT2D eigenvalue weighted by Crippen LogP contribution is 2.35. The minimum atomic E-state index is -0.476. The molecule has 2 aliphatic heterocycles. The van der Waals surface area contributed by atoms with Gasteiger partial charge in [-0.2, -0.15) is 0 Å². The molecule has 4 rings (SSSR count). The second-order valence-electron chi connectivity index (χ2n) is 7.93. The summed E-state index contributed by atoms with van der Waals surface area (Å²) >= 11 is 16.3. The lowest BCUT2D eigenvalue weighted by Crippen LogP contribution is -2.44. The van der Waals surface area contributed by atoms with Gasteiger partial charge in [-0.05, 0) is 73.0 Å². The van der Waals surface area contributed by atoms with E-state index < -0.39 is 11.1 Å². The number of hydrogen-bond acceptors (Lipinski definition) is 5. The first-order valence-corrected chi connectivity index (χ1v) is 13.1. The van der Waals surface area contributed by atoms with E-state index in [1.807, 2.05) is 12.1 Å². The van der Waals surface area contributed by atoms with Crippen molar-refractivity contribution in [3.63, 3.8) is 0 Å². The number of thioether (sulfide) groups is 1. The topological polar surface area (TPSA) is 66.9 Å². The maximum absolute atomic E-state index is 12.9. The van der Waals surface area contributed by atoms with Crippen LogP contribution < -0.4 is 4.74 Å². The molecule has 2 aromatic rings. The lowest BCUT2D eigenvalue weighted by molar-refractivity contribution is -0.136. The number of ether oxygens (including phenoxy) is 1. The summed E-state index contributed by atoms with van der Waals surface area (Å²) in [6.45, 7) is 1.34. The molecule has 2 aromatic carbocycles. The summed E-state index contributed by atoms with van der Waals surface area (Å²) in [7, 11) is 0. The van der Waals surface area contributed by atoms with E-state index in [2.05, 4.69) is 15.9 Å². The lowest BCUT2D eigenvalue weighted by atomic mass is 10.1. The zero-order valence-corrected chi connectivity index (χ0v) is 22.0. The predicted molar refractivity (Wildman–Crippen MR) is 138 cm³/mol. The van der Waals surface area contributed by atoms with Gasteiger partial charge in [0.05, 0.1) is 15.0 Å². The van der Waals surface area contributed by atoms with Crippen LogP contribution in [0.15, 0.2) is 45.8 Å². The van der Waals surface area contributed by atoms with Crippen molar-refractivity contribution in [2.75, 3.05) is 19.6 Å². The molecular formula is C24H21BrCl2N2O4S. The van der Waals surface area contributed by atoms with E-state index in [-0.39, 0.29) is 24.0 Å². The fourth-order valence-electron chi connectivity index (χ4n) is 3.71. The smallest absolute Gasteiger partial charge is 0.294 e. The van der Waals surface area contributed by atoms with Crippen molar-refractivity contribution in [2.24, 2.45) is 0 Å². The molecule has 0 aliphatic carbocycles.